The molecule has 3 N–H and O–H groups in total. The Bertz CT molecular complexity index is 1030. The number of hydrogen-bond acceptors (Lipinski definition) is 6. The van der Waals surface area contributed by atoms with Crippen molar-refractivity contribution < 1.29 is 24.5 Å². The van der Waals surface area contributed by atoms with E-state index < -0.39 is 18.6 Å². The first-order chi connectivity index (χ1) is 16.0. The number of amides is 1. The molecule has 0 aliphatic heterocycles. The van der Waals surface area contributed by atoms with Gasteiger partial charge in [0.25, 0.3) is 0 Å². The van der Waals surface area contributed by atoms with E-state index in [1.165, 1.54) is 16.0 Å². The second-order valence-corrected chi connectivity index (χ2v) is 11.4. The van der Waals surface area contributed by atoms with Gasteiger partial charge in [0.1, 0.15) is 25.1 Å². The van der Waals surface area contributed by atoms with Gasteiger partial charge in [0, 0.05) is 17.8 Å². The molecule has 0 spiro atoms. The van der Waals surface area contributed by atoms with Crippen LogP contribution in [0.1, 0.15) is 69.1 Å². The third kappa shape index (κ3) is 6.46. The maximum Gasteiger partial charge on any atom is 0.245 e. The number of ether oxygens (including phenoxy) is 1. The zero-order chi connectivity index (χ0) is 25.0. The average Bonchev–Trinajstić information content (AvgIpc) is 3.09. The number of rotatable bonds is 10. The summed E-state index contributed by atoms with van der Waals surface area (Å²) < 4.78 is 5.80. The van der Waals surface area contributed by atoms with Crippen LogP contribution in [0.4, 0.5) is 0 Å². The maximum absolute atomic E-state index is 13.1. The number of aliphatic hydroxyl groups excluding tert-OH is 2. The van der Waals surface area contributed by atoms with Crippen LogP contribution in [0.15, 0.2) is 12.1 Å². The van der Waals surface area contributed by atoms with Gasteiger partial charge in [-0.05, 0) is 79.7 Å². The molecule has 0 bridgehead atoms. The largest absolute Gasteiger partial charge is 0.490 e. The summed E-state index contributed by atoms with van der Waals surface area (Å²) >= 11 is 1.67. The first kappa shape index (κ1) is 26.4. The van der Waals surface area contributed by atoms with Crippen LogP contribution < -0.4 is 10.1 Å². The highest BCUT2D eigenvalue weighted by atomic mass is 32.1. The molecule has 1 unspecified atom stereocenters. The third-order valence-corrected chi connectivity index (χ3v) is 7.77. The van der Waals surface area contributed by atoms with Gasteiger partial charge < -0.3 is 20.3 Å². The minimum atomic E-state index is -0.877. The molecule has 0 saturated heterocycles. The van der Waals surface area contributed by atoms with Gasteiger partial charge >= 0.3 is 0 Å². The Balaban J connectivity index is 1.60. The molecular formula is C27H37NO5S. The number of carbonyl (C=O) groups excluding carboxylic acids is 2. The Labute approximate surface area is 206 Å². The second-order valence-electron chi connectivity index (χ2n) is 10.2. The molecule has 6 nitrogen and oxygen atoms in total. The van der Waals surface area contributed by atoms with Gasteiger partial charge in [0.15, 0.2) is 5.78 Å². The topological polar surface area (TPSA) is 95.9 Å². The Kier molecular flexibility index (Phi) is 8.55. The Morgan fingerprint density at radius 1 is 1.18 bits per heavy atom. The van der Waals surface area contributed by atoms with E-state index in [1.54, 1.807) is 11.3 Å². The van der Waals surface area contributed by atoms with E-state index in [-0.39, 0.29) is 18.9 Å². The summed E-state index contributed by atoms with van der Waals surface area (Å²) in [6.45, 7) is 10.1. The van der Waals surface area contributed by atoms with Gasteiger partial charge in [0.05, 0.1) is 4.88 Å². The molecule has 1 atom stereocenters. The van der Waals surface area contributed by atoms with Gasteiger partial charge in [-0.2, -0.15) is 0 Å². The number of benzene rings is 1. The van der Waals surface area contributed by atoms with Gasteiger partial charge in [-0.15, -0.1) is 11.3 Å². The van der Waals surface area contributed by atoms with E-state index in [0.717, 1.165) is 40.8 Å². The highest BCUT2D eigenvalue weighted by Crippen LogP contribution is 2.41. The van der Waals surface area contributed by atoms with Gasteiger partial charge in [-0.3, -0.25) is 9.59 Å². The van der Waals surface area contributed by atoms with Crippen LogP contribution in [0, 0.1) is 26.2 Å². The van der Waals surface area contributed by atoms with E-state index in [4.69, 9.17) is 9.84 Å². The van der Waals surface area contributed by atoms with Crippen molar-refractivity contribution in [1.82, 2.24) is 5.32 Å². The van der Waals surface area contributed by atoms with Crippen LogP contribution >= 0.6 is 11.3 Å². The van der Waals surface area contributed by atoms with Gasteiger partial charge in [0.2, 0.25) is 5.91 Å². The SMILES string of the molecule is Cc1cc(CCC(=O)c2sc(C)c3c2CCC(C)(C)C3)cc(C)c1OCC(O)CNC(=O)CO. The standard InChI is InChI=1S/C27H37NO5S/c1-16-10-19(11-17(2)25(16)33-15-20(30)13-28-24(32)14-29)6-7-23(31)26-21-8-9-27(4,5)12-22(21)18(3)34-26/h10-11,20,29-30H,6-9,12-15H2,1-5H3,(H,28,32). The van der Waals surface area contributed by atoms with Crippen molar-refractivity contribution >= 4 is 23.0 Å². The molecule has 1 aliphatic carbocycles. The number of fused-ring (bicyclic) bond motifs is 1. The monoisotopic (exact) mass is 487 g/mol. The Hall–Kier alpha value is -2.22. The molecule has 1 aromatic heterocycles. The number of aliphatic hydroxyl groups is 2. The summed E-state index contributed by atoms with van der Waals surface area (Å²) in [5.41, 5.74) is 5.98. The van der Waals surface area contributed by atoms with Crippen molar-refractivity contribution in [2.24, 2.45) is 5.41 Å². The lowest BCUT2D eigenvalue weighted by Gasteiger charge is -2.30. The van der Waals surface area contributed by atoms with Crippen LogP contribution in [0.5, 0.6) is 5.75 Å². The number of carbonyl (C=O) groups is 2. The predicted octanol–water partition coefficient (Wildman–Crippen LogP) is 3.85. The second kappa shape index (κ2) is 11.0. The van der Waals surface area contributed by atoms with E-state index in [1.807, 2.05) is 26.0 Å². The predicted molar refractivity (Wildman–Crippen MR) is 135 cm³/mol. The highest BCUT2D eigenvalue weighted by Gasteiger charge is 2.31. The molecular weight excluding hydrogens is 450 g/mol. The fourth-order valence-electron chi connectivity index (χ4n) is 4.69. The number of aryl methyl sites for hydroxylation is 4. The summed E-state index contributed by atoms with van der Waals surface area (Å²) in [5, 5.41) is 21.1. The summed E-state index contributed by atoms with van der Waals surface area (Å²) in [6.07, 6.45) is 3.45. The maximum atomic E-state index is 13.1. The van der Waals surface area contributed by atoms with E-state index >= 15 is 0 Å². The molecule has 3 rings (SSSR count). The quantitative estimate of drug-likeness (QED) is 0.443. The summed E-state index contributed by atoms with van der Waals surface area (Å²) in [7, 11) is 0. The molecule has 7 heteroatoms. The summed E-state index contributed by atoms with van der Waals surface area (Å²) in [4.78, 5) is 26.5. The van der Waals surface area contributed by atoms with Crippen LogP contribution in [-0.2, 0) is 24.1 Å². The molecule has 0 saturated carbocycles. The molecule has 1 heterocycles. The van der Waals surface area contributed by atoms with Crippen molar-refractivity contribution in [3.8, 4) is 5.75 Å². The molecule has 1 aromatic carbocycles. The van der Waals surface area contributed by atoms with Crippen LogP contribution in [0.3, 0.4) is 0 Å². The molecule has 0 radical (unpaired) electrons. The minimum absolute atomic E-state index is 0.0150. The lowest BCUT2D eigenvalue weighted by atomic mass is 9.74. The third-order valence-electron chi connectivity index (χ3n) is 6.54. The molecule has 34 heavy (non-hydrogen) atoms. The lowest BCUT2D eigenvalue weighted by molar-refractivity contribution is -0.124. The van der Waals surface area contributed by atoms with Crippen molar-refractivity contribution in [1.29, 1.82) is 0 Å². The first-order valence-corrected chi connectivity index (χ1v) is 12.7. The van der Waals surface area contributed by atoms with Crippen LogP contribution in [0.25, 0.3) is 0 Å². The Morgan fingerprint density at radius 2 is 1.85 bits per heavy atom. The molecule has 1 amide bonds. The van der Waals surface area contributed by atoms with Gasteiger partial charge in [-0.1, -0.05) is 26.0 Å². The Morgan fingerprint density at radius 3 is 2.50 bits per heavy atom. The smallest absolute Gasteiger partial charge is 0.245 e. The number of Topliss-reactive ketones (excluding diaryl/α,β-unsaturated/α-hetero) is 1. The van der Waals surface area contributed by atoms with Crippen molar-refractivity contribution in [2.75, 3.05) is 19.8 Å². The van der Waals surface area contributed by atoms with Crippen LogP contribution in [-0.4, -0.2) is 47.8 Å². The normalized spacial score (nSPS) is 15.5. The van der Waals surface area contributed by atoms with Crippen molar-refractivity contribution in [2.45, 2.75) is 72.8 Å². The van der Waals surface area contributed by atoms with E-state index in [9.17, 15) is 14.7 Å². The number of hydrogen-bond donors (Lipinski definition) is 3. The zero-order valence-corrected chi connectivity index (χ0v) is 21.7. The first-order valence-electron chi connectivity index (χ1n) is 11.9. The van der Waals surface area contributed by atoms with E-state index in [0.29, 0.717) is 24.0 Å². The van der Waals surface area contributed by atoms with E-state index in [2.05, 4.69) is 26.1 Å². The number of thiophene rings is 1. The molecule has 1 aliphatic rings. The van der Waals surface area contributed by atoms with Crippen molar-refractivity contribution in [3.63, 3.8) is 0 Å². The zero-order valence-electron chi connectivity index (χ0n) is 20.9. The number of nitrogens with one attached hydrogen (secondary N) is 1. The lowest BCUT2D eigenvalue weighted by Crippen LogP contribution is -2.36. The van der Waals surface area contributed by atoms with Crippen molar-refractivity contribution in [3.05, 3.63) is 49.7 Å². The fraction of sp³-hybridized carbons (Fsp3) is 0.556. The molecule has 0 fully saturated rings. The van der Waals surface area contributed by atoms with Gasteiger partial charge in [-0.25, -0.2) is 0 Å². The van der Waals surface area contributed by atoms with Crippen LogP contribution in [0.2, 0.25) is 0 Å². The minimum Gasteiger partial charge on any atom is -0.490 e. The molecule has 2 aromatic rings. The number of ketones is 1. The average molecular weight is 488 g/mol. The highest BCUT2D eigenvalue weighted by molar-refractivity contribution is 7.14. The summed E-state index contributed by atoms with van der Waals surface area (Å²) in [5.74, 6) is 0.401. The molecule has 186 valence electrons. The fourth-order valence-corrected chi connectivity index (χ4v) is 5.88. The summed E-state index contributed by atoms with van der Waals surface area (Å²) in [6, 6.07) is 4.07.